The van der Waals surface area contributed by atoms with Gasteiger partial charge in [0, 0.05) is 17.5 Å². The van der Waals surface area contributed by atoms with Crippen molar-refractivity contribution in [2.45, 2.75) is 18.9 Å². The summed E-state index contributed by atoms with van der Waals surface area (Å²) >= 11 is 1.53. The van der Waals surface area contributed by atoms with Crippen molar-refractivity contribution in [3.8, 4) is 0 Å². The summed E-state index contributed by atoms with van der Waals surface area (Å²) < 4.78 is 5.70. The van der Waals surface area contributed by atoms with Gasteiger partial charge in [-0.05, 0) is 37.4 Å². The first-order valence-corrected chi connectivity index (χ1v) is 6.93. The second-order valence-corrected chi connectivity index (χ2v) is 4.87. The second kappa shape index (κ2) is 6.74. The second-order valence-electron chi connectivity index (χ2n) is 4.09. The van der Waals surface area contributed by atoms with Crippen LogP contribution in [-0.4, -0.2) is 38.3 Å². The van der Waals surface area contributed by atoms with Crippen LogP contribution in [0.1, 0.15) is 23.2 Å². The predicted molar refractivity (Wildman–Crippen MR) is 68.5 cm³/mol. The molecule has 1 aromatic heterocycles. The van der Waals surface area contributed by atoms with Crippen LogP contribution in [0.15, 0.2) is 16.8 Å². The molecule has 0 atom stereocenters. The number of piperidine rings is 1. The fourth-order valence-corrected chi connectivity index (χ4v) is 2.48. The number of ether oxygens (including phenoxy) is 1. The highest BCUT2D eigenvalue weighted by atomic mass is 32.1. The van der Waals surface area contributed by atoms with Crippen LogP contribution in [-0.2, 0) is 4.74 Å². The van der Waals surface area contributed by atoms with Crippen molar-refractivity contribution in [1.82, 2.24) is 10.6 Å². The smallest absolute Gasteiger partial charge is 0.252 e. The maximum absolute atomic E-state index is 11.6. The Morgan fingerprint density at radius 3 is 3.06 bits per heavy atom. The molecule has 2 heterocycles. The van der Waals surface area contributed by atoms with Crippen molar-refractivity contribution in [3.63, 3.8) is 0 Å². The maximum Gasteiger partial charge on any atom is 0.252 e. The van der Waals surface area contributed by atoms with Crippen molar-refractivity contribution in [3.05, 3.63) is 22.4 Å². The molecule has 0 unspecified atom stereocenters. The number of rotatable bonds is 5. The monoisotopic (exact) mass is 254 g/mol. The summed E-state index contributed by atoms with van der Waals surface area (Å²) in [5, 5.41) is 9.90. The van der Waals surface area contributed by atoms with Crippen molar-refractivity contribution in [1.29, 1.82) is 0 Å². The van der Waals surface area contributed by atoms with Crippen molar-refractivity contribution >= 4 is 17.2 Å². The molecule has 4 nitrogen and oxygen atoms in total. The predicted octanol–water partition coefficient (Wildman–Crippen LogP) is 1.25. The Morgan fingerprint density at radius 1 is 1.53 bits per heavy atom. The van der Waals surface area contributed by atoms with Gasteiger partial charge in [0.25, 0.3) is 5.91 Å². The van der Waals surface area contributed by atoms with Gasteiger partial charge in [-0.3, -0.25) is 4.79 Å². The Bertz CT molecular complexity index is 334. The zero-order chi connectivity index (χ0) is 11.9. The lowest BCUT2D eigenvalue weighted by Crippen LogP contribution is -2.34. The zero-order valence-electron chi connectivity index (χ0n) is 9.78. The maximum atomic E-state index is 11.6. The molecular formula is C12H18N2O2S. The number of thiophene rings is 1. The van der Waals surface area contributed by atoms with Crippen LogP contribution in [0, 0.1) is 0 Å². The topological polar surface area (TPSA) is 50.4 Å². The summed E-state index contributed by atoms with van der Waals surface area (Å²) in [6.07, 6.45) is 2.49. The van der Waals surface area contributed by atoms with Gasteiger partial charge in [-0.1, -0.05) is 0 Å². The Kier molecular flexibility index (Phi) is 4.97. The molecule has 0 spiro atoms. The summed E-state index contributed by atoms with van der Waals surface area (Å²) in [6, 6.07) is 1.83. The van der Waals surface area contributed by atoms with E-state index in [0.29, 0.717) is 19.3 Å². The van der Waals surface area contributed by atoms with E-state index in [1.807, 2.05) is 16.8 Å². The van der Waals surface area contributed by atoms with Crippen LogP contribution in [0.3, 0.4) is 0 Å². The third kappa shape index (κ3) is 4.11. The molecule has 2 N–H and O–H groups in total. The van der Waals surface area contributed by atoms with Crippen LogP contribution < -0.4 is 10.6 Å². The molecule has 0 aromatic carbocycles. The molecule has 2 rings (SSSR count). The Morgan fingerprint density at radius 2 is 2.35 bits per heavy atom. The lowest BCUT2D eigenvalue weighted by atomic mass is 10.1. The van der Waals surface area contributed by atoms with E-state index < -0.39 is 0 Å². The van der Waals surface area contributed by atoms with Gasteiger partial charge in [-0.15, -0.1) is 0 Å². The van der Waals surface area contributed by atoms with E-state index in [4.69, 9.17) is 4.74 Å². The minimum Gasteiger partial charge on any atom is -0.376 e. The van der Waals surface area contributed by atoms with Crippen LogP contribution >= 0.6 is 11.3 Å². The van der Waals surface area contributed by atoms with Gasteiger partial charge >= 0.3 is 0 Å². The van der Waals surface area contributed by atoms with Crippen LogP contribution in [0.25, 0.3) is 0 Å². The standard InChI is InChI=1S/C12H18N2O2S/c15-12(10-3-8-17-9-10)14-6-7-16-11-1-4-13-5-2-11/h3,8-9,11,13H,1-2,4-7H2,(H,14,15). The number of hydrogen-bond acceptors (Lipinski definition) is 4. The van der Waals surface area contributed by atoms with Crippen molar-refractivity contribution < 1.29 is 9.53 Å². The van der Waals surface area contributed by atoms with Gasteiger partial charge in [0.15, 0.2) is 0 Å². The highest BCUT2D eigenvalue weighted by molar-refractivity contribution is 7.08. The number of amides is 1. The minimum absolute atomic E-state index is 0.0137. The number of nitrogens with one attached hydrogen (secondary N) is 2. The van der Waals surface area contributed by atoms with Gasteiger partial charge in [-0.2, -0.15) is 11.3 Å². The molecule has 0 saturated carbocycles. The largest absolute Gasteiger partial charge is 0.376 e. The average Bonchev–Trinajstić information content (AvgIpc) is 2.89. The summed E-state index contributed by atoms with van der Waals surface area (Å²) in [5.41, 5.74) is 0.733. The number of hydrogen-bond donors (Lipinski definition) is 2. The zero-order valence-corrected chi connectivity index (χ0v) is 10.6. The molecule has 0 bridgehead atoms. The van der Waals surface area contributed by atoms with Crippen LogP contribution in [0.4, 0.5) is 0 Å². The lowest BCUT2D eigenvalue weighted by Gasteiger charge is -2.22. The first-order valence-electron chi connectivity index (χ1n) is 5.99. The van der Waals surface area contributed by atoms with Gasteiger partial charge in [0.1, 0.15) is 0 Å². The first kappa shape index (κ1) is 12.5. The number of carbonyl (C=O) groups excluding carboxylic acids is 1. The third-order valence-electron chi connectivity index (χ3n) is 2.81. The average molecular weight is 254 g/mol. The van der Waals surface area contributed by atoms with E-state index in [1.165, 1.54) is 11.3 Å². The fourth-order valence-electron chi connectivity index (χ4n) is 1.85. The van der Waals surface area contributed by atoms with Crippen LogP contribution in [0.2, 0.25) is 0 Å². The van der Waals surface area contributed by atoms with Gasteiger partial charge in [0.2, 0.25) is 0 Å². The first-order chi connectivity index (χ1) is 8.36. The SMILES string of the molecule is O=C(NCCOC1CCNCC1)c1ccsc1. The van der Waals surface area contributed by atoms with Gasteiger partial charge in [-0.25, -0.2) is 0 Å². The molecule has 1 aromatic rings. The van der Waals surface area contributed by atoms with E-state index >= 15 is 0 Å². The molecule has 5 heteroatoms. The van der Waals surface area contributed by atoms with E-state index in [0.717, 1.165) is 31.5 Å². The van der Waals surface area contributed by atoms with E-state index in [1.54, 1.807) is 0 Å². The van der Waals surface area contributed by atoms with Gasteiger partial charge < -0.3 is 15.4 Å². The molecule has 1 aliphatic heterocycles. The highest BCUT2D eigenvalue weighted by Gasteiger charge is 2.12. The Balaban J connectivity index is 1.58. The molecule has 1 aliphatic rings. The summed E-state index contributed by atoms with van der Waals surface area (Å²) in [4.78, 5) is 11.6. The molecular weight excluding hydrogens is 236 g/mol. The third-order valence-corrected chi connectivity index (χ3v) is 3.49. The molecule has 0 radical (unpaired) electrons. The van der Waals surface area contributed by atoms with E-state index in [9.17, 15) is 4.79 Å². The molecule has 17 heavy (non-hydrogen) atoms. The van der Waals surface area contributed by atoms with Crippen molar-refractivity contribution in [2.75, 3.05) is 26.2 Å². The lowest BCUT2D eigenvalue weighted by molar-refractivity contribution is 0.0343. The fraction of sp³-hybridized carbons (Fsp3) is 0.583. The van der Waals surface area contributed by atoms with Crippen molar-refractivity contribution in [2.24, 2.45) is 0 Å². The molecule has 1 fully saturated rings. The minimum atomic E-state index is -0.0137. The number of carbonyl (C=O) groups is 1. The molecule has 94 valence electrons. The highest BCUT2D eigenvalue weighted by Crippen LogP contribution is 2.07. The van der Waals surface area contributed by atoms with Crippen LogP contribution in [0.5, 0.6) is 0 Å². The quantitative estimate of drug-likeness (QED) is 0.777. The van der Waals surface area contributed by atoms with E-state index in [2.05, 4.69) is 10.6 Å². The Hall–Kier alpha value is -0.910. The summed E-state index contributed by atoms with van der Waals surface area (Å²) in [5.74, 6) is -0.0137. The van der Waals surface area contributed by atoms with Gasteiger partial charge in [0.05, 0.1) is 12.7 Å². The molecule has 0 aliphatic carbocycles. The summed E-state index contributed by atoms with van der Waals surface area (Å²) in [6.45, 7) is 3.25. The molecule has 1 saturated heterocycles. The summed E-state index contributed by atoms with van der Waals surface area (Å²) in [7, 11) is 0. The normalized spacial score (nSPS) is 16.9. The Labute approximate surface area is 105 Å². The molecule has 1 amide bonds. The van der Waals surface area contributed by atoms with E-state index in [-0.39, 0.29) is 5.91 Å².